The van der Waals surface area contributed by atoms with E-state index in [0.717, 1.165) is 10.9 Å². The molecule has 0 radical (unpaired) electrons. The highest BCUT2D eigenvalue weighted by molar-refractivity contribution is 6.06. The Hall–Kier alpha value is -3.28. The normalized spacial score (nSPS) is 10.5. The summed E-state index contributed by atoms with van der Waals surface area (Å²) >= 11 is 0. The molecule has 128 valence electrons. The number of carbonyl (C=O) groups excluding carboxylic acids is 2. The molecule has 0 saturated heterocycles. The van der Waals surface area contributed by atoms with Gasteiger partial charge in [-0.1, -0.05) is 6.07 Å². The van der Waals surface area contributed by atoms with Gasteiger partial charge in [0.15, 0.2) is 0 Å². The molecule has 3 aromatic rings. The van der Waals surface area contributed by atoms with Crippen LogP contribution in [0, 0.1) is 0 Å². The fourth-order valence-corrected chi connectivity index (χ4v) is 2.49. The quantitative estimate of drug-likeness (QED) is 0.755. The van der Waals surface area contributed by atoms with Gasteiger partial charge in [-0.2, -0.15) is 0 Å². The Morgan fingerprint density at radius 1 is 1.12 bits per heavy atom. The van der Waals surface area contributed by atoms with Gasteiger partial charge in [0.05, 0.1) is 6.61 Å². The van der Waals surface area contributed by atoms with Crippen molar-refractivity contribution in [1.29, 1.82) is 0 Å². The van der Waals surface area contributed by atoms with Gasteiger partial charge in [-0.15, -0.1) is 0 Å². The van der Waals surface area contributed by atoms with E-state index in [1.807, 2.05) is 24.4 Å². The molecule has 0 fully saturated rings. The second-order valence-corrected chi connectivity index (χ2v) is 5.54. The van der Waals surface area contributed by atoms with Gasteiger partial charge in [-0.25, -0.2) is 4.79 Å². The van der Waals surface area contributed by atoms with E-state index in [2.05, 4.69) is 10.3 Å². The SMILES string of the molecule is CCOC(=O)N(C)c1ccc(NC(=O)c2ccc3cc[nH]c3c2)cc1. The van der Waals surface area contributed by atoms with Crippen molar-refractivity contribution in [3.05, 3.63) is 60.3 Å². The summed E-state index contributed by atoms with van der Waals surface area (Å²) in [6, 6.07) is 14.4. The average molecular weight is 337 g/mol. The Balaban J connectivity index is 1.70. The highest BCUT2D eigenvalue weighted by atomic mass is 16.6. The van der Waals surface area contributed by atoms with Crippen molar-refractivity contribution >= 4 is 34.3 Å². The molecule has 3 rings (SSSR count). The number of ether oxygens (including phenoxy) is 1. The molecule has 0 unspecified atom stereocenters. The fourth-order valence-electron chi connectivity index (χ4n) is 2.49. The topological polar surface area (TPSA) is 74.4 Å². The smallest absolute Gasteiger partial charge is 0.413 e. The first-order chi connectivity index (χ1) is 12.1. The lowest BCUT2D eigenvalue weighted by molar-refractivity contribution is 0.102. The standard InChI is InChI=1S/C19H19N3O3/c1-3-25-19(24)22(2)16-8-6-15(7-9-16)21-18(23)14-5-4-13-10-11-20-17(13)12-14/h4-12,20H,3H2,1-2H3,(H,21,23). The van der Waals surface area contributed by atoms with E-state index in [4.69, 9.17) is 4.74 Å². The number of fused-ring (bicyclic) bond motifs is 1. The second kappa shape index (κ2) is 7.09. The number of hydrogen-bond acceptors (Lipinski definition) is 3. The third-order valence-electron chi connectivity index (χ3n) is 3.87. The number of benzene rings is 2. The van der Waals surface area contributed by atoms with Crippen LogP contribution < -0.4 is 10.2 Å². The van der Waals surface area contributed by atoms with Gasteiger partial charge >= 0.3 is 6.09 Å². The van der Waals surface area contributed by atoms with E-state index in [9.17, 15) is 9.59 Å². The number of nitrogens with zero attached hydrogens (tertiary/aromatic N) is 1. The zero-order valence-electron chi connectivity index (χ0n) is 14.1. The molecule has 25 heavy (non-hydrogen) atoms. The zero-order chi connectivity index (χ0) is 17.8. The lowest BCUT2D eigenvalue weighted by Gasteiger charge is -2.17. The largest absolute Gasteiger partial charge is 0.449 e. The van der Waals surface area contributed by atoms with Crippen LogP contribution in [-0.4, -0.2) is 30.6 Å². The summed E-state index contributed by atoms with van der Waals surface area (Å²) in [4.78, 5) is 28.6. The van der Waals surface area contributed by atoms with E-state index in [-0.39, 0.29) is 5.91 Å². The van der Waals surface area contributed by atoms with Crippen LogP contribution in [0.3, 0.4) is 0 Å². The van der Waals surface area contributed by atoms with Crippen LogP contribution in [0.1, 0.15) is 17.3 Å². The predicted octanol–water partition coefficient (Wildman–Crippen LogP) is 4.01. The number of nitrogens with one attached hydrogen (secondary N) is 2. The zero-order valence-corrected chi connectivity index (χ0v) is 14.1. The Morgan fingerprint density at radius 2 is 1.88 bits per heavy atom. The molecular formula is C19H19N3O3. The van der Waals surface area contributed by atoms with Crippen LogP contribution in [0.2, 0.25) is 0 Å². The van der Waals surface area contributed by atoms with Crippen molar-refractivity contribution in [2.75, 3.05) is 23.9 Å². The number of aromatic amines is 1. The maximum atomic E-state index is 12.4. The van der Waals surface area contributed by atoms with Crippen molar-refractivity contribution < 1.29 is 14.3 Å². The first-order valence-electron chi connectivity index (χ1n) is 7.97. The average Bonchev–Trinajstić information content (AvgIpc) is 3.09. The lowest BCUT2D eigenvalue weighted by atomic mass is 10.1. The highest BCUT2D eigenvalue weighted by Gasteiger charge is 2.12. The maximum absolute atomic E-state index is 12.4. The van der Waals surface area contributed by atoms with Gasteiger partial charge in [0, 0.05) is 35.7 Å². The molecule has 0 bridgehead atoms. The minimum Gasteiger partial charge on any atom is -0.449 e. The van der Waals surface area contributed by atoms with Crippen LogP contribution in [0.15, 0.2) is 54.7 Å². The van der Waals surface area contributed by atoms with Gasteiger partial charge in [0.2, 0.25) is 0 Å². The van der Waals surface area contributed by atoms with Crippen LogP contribution in [0.4, 0.5) is 16.2 Å². The lowest BCUT2D eigenvalue weighted by Crippen LogP contribution is -2.26. The summed E-state index contributed by atoms with van der Waals surface area (Å²) in [7, 11) is 1.64. The predicted molar refractivity (Wildman–Crippen MR) is 98.1 cm³/mol. The van der Waals surface area contributed by atoms with E-state index in [1.165, 1.54) is 4.90 Å². The summed E-state index contributed by atoms with van der Waals surface area (Å²) in [5.74, 6) is -0.192. The molecule has 2 amide bonds. The van der Waals surface area contributed by atoms with E-state index < -0.39 is 6.09 Å². The molecule has 6 nitrogen and oxygen atoms in total. The summed E-state index contributed by atoms with van der Waals surface area (Å²) in [6.07, 6.45) is 1.42. The van der Waals surface area contributed by atoms with E-state index in [0.29, 0.717) is 23.5 Å². The van der Waals surface area contributed by atoms with Gasteiger partial charge in [0.25, 0.3) is 5.91 Å². The Bertz CT molecular complexity index is 900. The van der Waals surface area contributed by atoms with Gasteiger partial charge in [-0.3, -0.25) is 9.69 Å². The molecule has 2 N–H and O–H groups in total. The van der Waals surface area contributed by atoms with Crippen molar-refractivity contribution in [3.63, 3.8) is 0 Å². The van der Waals surface area contributed by atoms with Crippen LogP contribution >= 0.6 is 0 Å². The van der Waals surface area contributed by atoms with Crippen LogP contribution in [0.25, 0.3) is 10.9 Å². The third kappa shape index (κ3) is 3.63. The summed E-state index contributed by atoms with van der Waals surface area (Å²) in [6.45, 7) is 2.08. The first kappa shape index (κ1) is 16.6. The highest BCUT2D eigenvalue weighted by Crippen LogP contribution is 2.19. The Labute approximate surface area is 145 Å². The Morgan fingerprint density at radius 3 is 2.60 bits per heavy atom. The summed E-state index contributed by atoms with van der Waals surface area (Å²) < 4.78 is 4.95. The Kier molecular flexibility index (Phi) is 4.70. The first-order valence-corrected chi connectivity index (χ1v) is 7.97. The minimum atomic E-state index is -0.418. The van der Waals surface area contributed by atoms with Gasteiger partial charge < -0.3 is 15.0 Å². The van der Waals surface area contributed by atoms with Crippen molar-refractivity contribution in [2.45, 2.75) is 6.92 Å². The van der Waals surface area contributed by atoms with Gasteiger partial charge in [-0.05, 0) is 54.8 Å². The molecule has 0 saturated carbocycles. The van der Waals surface area contributed by atoms with Crippen molar-refractivity contribution in [2.24, 2.45) is 0 Å². The molecule has 0 aliphatic heterocycles. The van der Waals surface area contributed by atoms with Crippen LogP contribution in [-0.2, 0) is 4.74 Å². The monoisotopic (exact) mass is 337 g/mol. The van der Waals surface area contributed by atoms with Crippen LogP contribution in [0.5, 0.6) is 0 Å². The number of anilines is 2. The minimum absolute atomic E-state index is 0.192. The third-order valence-corrected chi connectivity index (χ3v) is 3.87. The fraction of sp³-hybridized carbons (Fsp3) is 0.158. The number of aromatic nitrogens is 1. The van der Waals surface area contributed by atoms with E-state index in [1.54, 1.807) is 44.3 Å². The maximum Gasteiger partial charge on any atom is 0.413 e. The second-order valence-electron chi connectivity index (χ2n) is 5.54. The van der Waals surface area contributed by atoms with Crippen molar-refractivity contribution in [3.8, 4) is 0 Å². The summed E-state index contributed by atoms with van der Waals surface area (Å²) in [5.41, 5.74) is 2.82. The molecule has 0 aliphatic rings. The number of amides is 2. The molecule has 0 atom stereocenters. The molecule has 6 heteroatoms. The van der Waals surface area contributed by atoms with Gasteiger partial charge in [0.1, 0.15) is 0 Å². The molecule has 1 aromatic heterocycles. The molecule has 0 spiro atoms. The number of rotatable bonds is 4. The van der Waals surface area contributed by atoms with E-state index >= 15 is 0 Å². The van der Waals surface area contributed by atoms with Crippen molar-refractivity contribution in [1.82, 2.24) is 4.98 Å². The molecule has 1 heterocycles. The molecule has 0 aliphatic carbocycles. The number of hydrogen-bond donors (Lipinski definition) is 2. The molecule has 2 aromatic carbocycles. The number of carbonyl (C=O) groups is 2. The molecular weight excluding hydrogens is 318 g/mol. The summed E-state index contributed by atoms with van der Waals surface area (Å²) in [5, 5.41) is 3.91. The number of H-pyrrole nitrogens is 1.